The summed E-state index contributed by atoms with van der Waals surface area (Å²) in [6.45, 7) is 2.14. The number of rotatable bonds is 3. The van der Waals surface area contributed by atoms with Gasteiger partial charge in [-0.25, -0.2) is 0 Å². The Labute approximate surface area is 160 Å². The van der Waals surface area contributed by atoms with E-state index in [-0.39, 0.29) is 5.92 Å². The summed E-state index contributed by atoms with van der Waals surface area (Å²) >= 11 is 0. The fourth-order valence-electron chi connectivity index (χ4n) is 5.03. The molecule has 5 rings (SSSR count). The number of benzene rings is 2. The van der Waals surface area contributed by atoms with Gasteiger partial charge in [-0.3, -0.25) is 4.90 Å². The van der Waals surface area contributed by atoms with E-state index in [4.69, 9.17) is 9.51 Å². The lowest BCUT2D eigenvalue weighted by molar-refractivity contribution is 0.120. The lowest BCUT2D eigenvalue weighted by Crippen LogP contribution is -2.44. The molecule has 0 radical (unpaired) electrons. The summed E-state index contributed by atoms with van der Waals surface area (Å²) in [7, 11) is 2.26. The minimum atomic E-state index is 0.251. The molecule has 0 saturated carbocycles. The maximum atomic E-state index is 5.85. The quantitative estimate of drug-likeness (QED) is 0.675. The first-order valence-corrected chi connectivity index (χ1v) is 9.88. The number of piperidine rings is 1. The van der Waals surface area contributed by atoms with Crippen molar-refractivity contribution in [3.63, 3.8) is 0 Å². The number of fused-ring (bicyclic) bond motifs is 2. The summed E-state index contributed by atoms with van der Waals surface area (Å²) < 4.78 is 5.85. The van der Waals surface area contributed by atoms with Crippen molar-refractivity contribution in [3.05, 3.63) is 71.6 Å². The zero-order chi connectivity index (χ0) is 18.4. The first-order chi connectivity index (χ1) is 13.2. The Morgan fingerprint density at radius 1 is 1.00 bits per heavy atom. The van der Waals surface area contributed by atoms with Gasteiger partial charge in [0, 0.05) is 17.6 Å². The maximum absolute atomic E-state index is 5.85. The van der Waals surface area contributed by atoms with Crippen LogP contribution in [-0.2, 0) is 0 Å². The first kappa shape index (κ1) is 16.7. The summed E-state index contributed by atoms with van der Waals surface area (Å²) in [6.07, 6.45) is 3.63. The molecule has 2 saturated heterocycles. The molecule has 3 aromatic rings. The third-order valence-electron chi connectivity index (χ3n) is 6.53. The molecule has 0 amide bonds. The van der Waals surface area contributed by atoms with Crippen molar-refractivity contribution in [3.8, 4) is 11.4 Å². The van der Waals surface area contributed by atoms with E-state index in [1.807, 2.05) is 30.3 Å². The number of hydrogen-bond acceptors (Lipinski definition) is 4. The van der Waals surface area contributed by atoms with Crippen molar-refractivity contribution < 1.29 is 4.52 Å². The van der Waals surface area contributed by atoms with E-state index in [1.54, 1.807) is 0 Å². The maximum Gasteiger partial charge on any atom is 0.232 e. The van der Waals surface area contributed by atoms with Crippen molar-refractivity contribution in [1.29, 1.82) is 0 Å². The highest BCUT2D eigenvalue weighted by Crippen LogP contribution is 2.50. The number of aryl methyl sites for hydroxylation is 1. The van der Waals surface area contributed by atoms with Crippen LogP contribution in [-0.4, -0.2) is 34.2 Å². The minimum Gasteiger partial charge on any atom is -0.339 e. The highest BCUT2D eigenvalue weighted by atomic mass is 16.5. The molecule has 2 fully saturated rings. The van der Waals surface area contributed by atoms with E-state index in [2.05, 4.69) is 48.3 Å². The van der Waals surface area contributed by atoms with Crippen molar-refractivity contribution in [1.82, 2.24) is 15.0 Å². The van der Waals surface area contributed by atoms with E-state index >= 15 is 0 Å². The van der Waals surface area contributed by atoms with Gasteiger partial charge < -0.3 is 4.52 Å². The van der Waals surface area contributed by atoms with Gasteiger partial charge >= 0.3 is 0 Å². The Morgan fingerprint density at radius 2 is 1.78 bits per heavy atom. The van der Waals surface area contributed by atoms with Crippen LogP contribution in [0.1, 0.15) is 48.1 Å². The number of nitrogens with zero attached hydrogens (tertiary/aromatic N) is 3. The minimum absolute atomic E-state index is 0.251. The predicted octanol–water partition coefficient (Wildman–Crippen LogP) is 4.78. The molecule has 2 aromatic carbocycles. The van der Waals surface area contributed by atoms with E-state index in [1.165, 1.54) is 24.0 Å². The lowest BCUT2D eigenvalue weighted by atomic mass is 9.76. The molecule has 0 spiro atoms. The summed E-state index contributed by atoms with van der Waals surface area (Å²) in [5.41, 5.74) is 3.71. The molecule has 2 aliphatic heterocycles. The van der Waals surface area contributed by atoms with Crippen molar-refractivity contribution in [2.75, 3.05) is 7.05 Å². The highest BCUT2D eigenvalue weighted by molar-refractivity contribution is 5.53. The summed E-state index contributed by atoms with van der Waals surface area (Å²) in [6, 6.07) is 20.2. The lowest BCUT2D eigenvalue weighted by Gasteiger charge is -2.41. The third-order valence-corrected chi connectivity index (χ3v) is 6.53. The van der Waals surface area contributed by atoms with Crippen LogP contribution < -0.4 is 0 Å². The Balaban J connectivity index is 1.54. The molecular formula is C23H25N3O. The predicted molar refractivity (Wildman–Crippen MR) is 106 cm³/mol. The molecule has 1 aromatic heterocycles. The van der Waals surface area contributed by atoms with Gasteiger partial charge in [0.25, 0.3) is 0 Å². The molecule has 2 bridgehead atoms. The van der Waals surface area contributed by atoms with Crippen molar-refractivity contribution >= 4 is 0 Å². The standard InChI is InChI=1S/C23H25N3O/c1-15-8-10-16(11-9-15)19-14-18-12-13-20(26(18)2)21(19)23-24-22(25-27-23)17-6-4-3-5-7-17/h3-11,18-21H,12-14H2,1-2H3/t18-,19+,20+,21-/m1/s1. The van der Waals surface area contributed by atoms with E-state index in [0.29, 0.717) is 23.8 Å². The van der Waals surface area contributed by atoms with Gasteiger partial charge in [0.2, 0.25) is 11.7 Å². The van der Waals surface area contributed by atoms with Crippen LogP contribution in [0.3, 0.4) is 0 Å². The Hall–Kier alpha value is -2.46. The molecular weight excluding hydrogens is 334 g/mol. The number of aromatic nitrogens is 2. The van der Waals surface area contributed by atoms with Gasteiger partial charge in [-0.2, -0.15) is 4.98 Å². The molecule has 4 atom stereocenters. The van der Waals surface area contributed by atoms with Gasteiger partial charge in [0.15, 0.2) is 0 Å². The fourth-order valence-corrected chi connectivity index (χ4v) is 5.03. The SMILES string of the molecule is Cc1ccc([C@@H]2C[C@H]3CC[C@@H]([C@@H]2c2nc(-c4ccccc4)no2)N3C)cc1. The summed E-state index contributed by atoms with van der Waals surface area (Å²) in [4.78, 5) is 7.39. The molecule has 138 valence electrons. The number of hydrogen-bond donors (Lipinski definition) is 0. The third kappa shape index (κ3) is 2.88. The zero-order valence-corrected chi connectivity index (χ0v) is 15.9. The highest BCUT2D eigenvalue weighted by Gasteiger charge is 2.48. The topological polar surface area (TPSA) is 42.2 Å². The van der Waals surface area contributed by atoms with E-state index in [9.17, 15) is 0 Å². The monoisotopic (exact) mass is 359 g/mol. The first-order valence-electron chi connectivity index (χ1n) is 9.88. The van der Waals surface area contributed by atoms with Crippen molar-refractivity contribution in [2.45, 2.75) is 50.1 Å². The largest absolute Gasteiger partial charge is 0.339 e. The van der Waals surface area contributed by atoms with Crippen LogP contribution in [0.25, 0.3) is 11.4 Å². The van der Waals surface area contributed by atoms with Crippen LogP contribution in [0, 0.1) is 6.92 Å². The van der Waals surface area contributed by atoms with Gasteiger partial charge in [0.1, 0.15) is 0 Å². The molecule has 0 N–H and O–H groups in total. The average molecular weight is 359 g/mol. The van der Waals surface area contributed by atoms with Crippen LogP contribution in [0.4, 0.5) is 0 Å². The molecule has 3 heterocycles. The number of likely N-dealkylation sites (N-methyl/N-ethyl adjacent to an activating group) is 1. The Kier molecular flexibility index (Phi) is 4.09. The zero-order valence-electron chi connectivity index (χ0n) is 15.9. The van der Waals surface area contributed by atoms with Crippen LogP contribution >= 0.6 is 0 Å². The molecule has 0 aliphatic carbocycles. The normalized spacial score (nSPS) is 27.8. The van der Waals surface area contributed by atoms with Crippen LogP contribution in [0.2, 0.25) is 0 Å². The van der Waals surface area contributed by atoms with Gasteiger partial charge in [-0.15, -0.1) is 0 Å². The summed E-state index contributed by atoms with van der Waals surface area (Å²) in [5.74, 6) is 2.16. The van der Waals surface area contributed by atoms with Crippen molar-refractivity contribution in [2.24, 2.45) is 0 Å². The molecule has 4 nitrogen and oxygen atoms in total. The molecule has 27 heavy (non-hydrogen) atoms. The van der Waals surface area contributed by atoms with Gasteiger partial charge in [0.05, 0.1) is 5.92 Å². The van der Waals surface area contributed by atoms with E-state index < -0.39 is 0 Å². The second-order valence-corrected chi connectivity index (χ2v) is 8.06. The van der Waals surface area contributed by atoms with Crippen LogP contribution in [0.15, 0.2) is 59.1 Å². The fraction of sp³-hybridized carbons (Fsp3) is 0.391. The van der Waals surface area contributed by atoms with Crippen LogP contribution in [0.5, 0.6) is 0 Å². The Bertz CT molecular complexity index is 918. The smallest absolute Gasteiger partial charge is 0.232 e. The van der Waals surface area contributed by atoms with Gasteiger partial charge in [-0.05, 0) is 44.7 Å². The van der Waals surface area contributed by atoms with E-state index in [0.717, 1.165) is 17.9 Å². The van der Waals surface area contributed by atoms with Gasteiger partial charge in [-0.1, -0.05) is 65.3 Å². The summed E-state index contributed by atoms with van der Waals surface area (Å²) in [5, 5.41) is 4.31. The molecule has 2 aliphatic rings. The molecule has 4 heteroatoms. The Morgan fingerprint density at radius 3 is 2.56 bits per heavy atom. The second-order valence-electron chi connectivity index (χ2n) is 8.06. The average Bonchev–Trinajstić information content (AvgIpc) is 3.26. The molecule has 0 unspecified atom stereocenters. The second kappa shape index (κ2) is 6.61.